The van der Waals surface area contributed by atoms with Crippen molar-refractivity contribution in [2.24, 2.45) is 5.92 Å². The first-order valence-corrected chi connectivity index (χ1v) is 7.99. The quantitative estimate of drug-likeness (QED) is 0.738. The van der Waals surface area contributed by atoms with Crippen molar-refractivity contribution in [2.75, 3.05) is 24.2 Å². The summed E-state index contributed by atoms with van der Waals surface area (Å²) in [5.41, 5.74) is 1.19. The molecular formula is C16H28N4. The van der Waals surface area contributed by atoms with Gasteiger partial charge in [-0.2, -0.15) is 0 Å². The van der Waals surface area contributed by atoms with Crippen LogP contribution < -0.4 is 10.6 Å². The Morgan fingerprint density at radius 2 is 1.90 bits per heavy atom. The summed E-state index contributed by atoms with van der Waals surface area (Å²) in [6, 6.07) is 0. The highest BCUT2D eigenvalue weighted by atomic mass is 15.1. The molecule has 0 atom stereocenters. The minimum atomic E-state index is 0.413. The highest BCUT2D eigenvalue weighted by Gasteiger charge is 2.15. The summed E-state index contributed by atoms with van der Waals surface area (Å²) in [5.74, 6) is 3.31. The standard InChI is InChI=1S/C16H28N4/c1-12(2)14-15(17-3)19-11-20-16(14)18-10-6-9-13-7-4-5-8-13/h11-13H,4-10H2,1-3H3,(H2,17,18,19,20). The van der Waals surface area contributed by atoms with E-state index in [-0.39, 0.29) is 0 Å². The zero-order valence-corrected chi connectivity index (χ0v) is 13.1. The smallest absolute Gasteiger partial charge is 0.134 e. The van der Waals surface area contributed by atoms with Gasteiger partial charge >= 0.3 is 0 Å². The maximum absolute atomic E-state index is 4.42. The molecule has 0 radical (unpaired) electrons. The van der Waals surface area contributed by atoms with Crippen LogP contribution in [0.3, 0.4) is 0 Å². The maximum Gasteiger partial charge on any atom is 0.134 e. The molecule has 0 amide bonds. The fourth-order valence-electron chi connectivity index (χ4n) is 3.18. The van der Waals surface area contributed by atoms with Gasteiger partial charge in [0.2, 0.25) is 0 Å². The second-order valence-corrected chi connectivity index (χ2v) is 6.11. The average molecular weight is 276 g/mol. The fraction of sp³-hybridized carbons (Fsp3) is 0.750. The van der Waals surface area contributed by atoms with Gasteiger partial charge in [0.25, 0.3) is 0 Å². The van der Waals surface area contributed by atoms with E-state index < -0.39 is 0 Å². The van der Waals surface area contributed by atoms with Crippen LogP contribution in [-0.2, 0) is 0 Å². The van der Waals surface area contributed by atoms with Crippen molar-refractivity contribution in [2.45, 2.75) is 58.3 Å². The molecule has 1 heterocycles. The van der Waals surface area contributed by atoms with E-state index in [4.69, 9.17) is 0 Å². The Kier molecular flexibility index (Phi) is 5.62. The molecule has 0 bridgehead atoms. The molecule has 2 rings (SSSR count). The van der Waals surface area contributed by atoms with E-state index in [1.54, 1.807) is 6.33 Å². The van der Waals surface area contributed by atoms with E-state index in [0.717, 1.165) is 24.1 Å². The second-order valence-electron chi connectivity index (χ2n) is 6.11. The topological polar surface area (TPSA) is 49.8 Å². The molecule has 0 aromatic carbocycles. The zero-order valence-electron chi connectivity index (χ0n) is 13.1. The molecule has 0 aliphatic heterocycles. The zero-order chi connectivity index (χ0) is 14.4. The van der Waals surface area contributed by atoms with Crippen molar-refractivity contribution in [3.63, 3.8) is 0 Å². The van der Waals surface area contributed by atoms with Gasteiger partial charge in [-0.3, -0.25) is 0 Å². The molecule has 1 saturated carbocycles. The number of anilines is 2. The van der Waals surface area contributed by atoms with Crippen LogP contribution in [0.15, 0.2) is 6.33 Å². The van der Waals surface area contributed by atoms with Crippen LogP contribution in [-0.4, -0.2) is 23.6 Å². The average Bonchev–Trinajstić information content (AvgIpc) is 2.96. The minimum Gasteiger partial charge on any atom is -0.373 e. The molecule has 1 aliphatic rings. The molecule has 0 spiro atoms. The first-order chi connectivity index (χ1) is 9.72. The molecular weight excluding hydrogens is 248 g/mol. The van der Waals surface area contributed by atoms with Gasteiger partial charge in [-0.25, -0.2) is 9.97 Å². The molecule has 112 valence electrons. The van der Waals surface area contributed by atoms with Crippen molar-refractivity contribution in [3.8, 4) is 0 Å². The van der Waals surface area contributed by atoms with Crippen molar-refractivity contribution in [3.05, 3.63) is 11.9 Å². The van der Waals surface area contributed by atoms with Crippen molar-refractivity contribution < 1.29 is 0 Å². The third-order valence-corrected chi connectivity index (χ3v) is 4.25. The van der Waals surface area contributed by atoms with E-state index >= 15 is 0 Å². The highest BCUT2D eigenvalue weighted by molar-refractivity contribution is 5.58. The number of nitrogens with zero attached hydrogens (tertiary/aromatic N) is 2. The van der Waals surface area contributed by atoms with Gasteiger partial charge in [0.15, 0.2) is 0 Å². The Hall–Kier alpha value is -1.32. The van der Waals surface area contributed by atoms with Gasteiger partial charge in [0.05, 0.1) is 0 Å². The van der Waals surface area contributed by atoms with Crippen LogP contribution in [0.1, 0.15) is 63.9 Å². The molecule has 1 aromatic heterocycles. The van der Waals surface area contributed by atoms with Crippen LogP contribution in [0.4, 0.5) is 11.6 Å². The number of aromatic nitrogens is 2. The van der Waals surface area contributed by atoms with Gasteiger partial charge in [0.1, 0.15) is 18.0 Å². The van der Waals surface area contributed by atoms with Gasteiger partial charge < -0.3 is 10.6 Å². The summed E-state index contributed by atoms with van der Waals surface area (Å²) < 4.78 is 0. The van der Waals surface area contributed by atoms with E-state index in [9.17, 15) is 0 Å². The lowest BCUT2D eigenvalue weighted by Crippen LogP contribution is -2.11. The van der Waals surface area contributed by atoms with Crippen LogP contribution in [0.2, 0.25) is 0 Å². The summed E-state index contributed by atoms with van der Waals surface area (Å²) in [6.07, 6.45) is 9.98. The molecule has 1 aromatic rings. The normalized spacial score (nSPS) is 15.8. The predicted octanol–water partition coefficient (Wildman–Crippen LogP) is 4.02. The second kappa shape index (κ2) is 7.46. The van der Waals surface area contributed by atoms with Crippen molar-refractivity contribution in [1.82, 2.24) is 9.97 Å². The summed E-state index contributed by atoms with van der Waals surface area (Å²) in [6.45, 7) is 5.38. The van der Waals surface area contributed by atoms with Crippen LogP contribution >= 0.6 is 0 Å². The summed E-state index contributed by atoms with van der Waals surface area (Å²) in [5, 5.41) is 6.66. The molecule has 0 unspecified atom stereocenters. The van der Waals surface area contributed by atoms with E-state index in [1.165, 1.54) is 44.1 Å². The van der Waals surface area contributed by atoms with E-state index in [1.807, 2.05) is 7.05 Å². The third-order valence-electron chi connectivity index (χ3n) is 4.25. The van der Waals surface area contributed by atoms with Crippen LogP contribution in [0, 0.1) is 5.92 Å². The molecule has 4 heteroatoms. The third kappa shape index (κ3) is 3.84. The number of hydrogen-bond acceptors (Lipinski definition) is 4. The molecule has 1 fully saturated rings. The first-order valence-electron chi connectivity index (χ1n) is 7.99. The molecule has 20 heavy (non-hydrogen) atoms. The van der Waals surface area contributed by atoms with Gasteiger partial charge in [-0.05, 0) is 24.7 Å². The Balaban J connectivity index is 1.88. The van der Waals surface area contributed by atoms with Crippen LogP contribution in [0.5, 0.6) is 0 Å². The SMILES string of the molecule is CNc1ncnc(NCCCC2CCCC2)c1C(C)C. The maximum atomic E-state index is 4.42. The minimum absolute atomic E-state index is 0.413. The number of rotatable bonds is 7. The van der Waals surface area contributed by atoms with Gasteiger partial charge in [0, 0.05) is 19.2 Å². The fourth-order valence-corrected chi connectivity index (χ4v) is 3.18. The summed E-state index contributed by atoms with van der Waals surface area (Å²) in [7, 11) is 1.91. The lowest BCUT2D eigenvalue weighted by molar-refractivity contribution is 0.491. The van der Waals surface area contributed by atoms with E-state index in [2.05, 4.69) is 34.4 Å². The lowest BCUT2D eigenvalue weighted by Gasteiger charge is -2.17. The molecule has 1 aliphatic carbocycles. The van der Waals surface area contributed by atoms with Crippen LogP contribution in [0.25, 0.3) is 0 Å². The first kappa shape index (κ1) is 15.1. The number of nitrogens with one attached hydrogen (secondary N) is 2. The van der Waals surface area contributed by atoms with Gasteiger partial charge in [-0.1, -0.05) is 39.5 Å². The van der Waals surface area contributed by atoms with E-state index in [0.29, 0.717) is 5.92 Å². The van der Waals surface area contributed by atoms with Crippen molar-refractivity contribution >= 4 is 11.6 Å². The highest BCUT2D eigenvalue weighted by Crippen LogP contribution is 2.30. The number of hydrogen-bond donors (Lipinski definition) is 2. The summed E-state index contributed by atoms with van der Waals surface area (Å²) >= 11 is 0. The van der Waals surface area contributed by atoms with Gasteiger partial charge in [-0.15, -0.1) is 0 Å². The van der Waals surface area contributed by atoms with Crippen molar-refractivity contribution in [1.29, 1.82) is 0 Å². The Morgan fingerprint density at radius 3 is 2.55 bits per heavy atom. The Labute approximate surface area is 122 Å². The molecule has 2 N–H and O–H groups in total. The Morgan fingerprint density at radius 1 is 1.20 bits per heavy atom. The monoisotopic (exact) mass is 276 g/mol. The Bertz CT molecular complexity index is 411. The summed E-state index contributed by atoms with van der Waals surface area (Å²) in [4.78, 5) is 8.72. The predicted molar refractivity (Wildman–Crippen MR) is 85.3 cm³/mol. The largest absolute Gasteiger partial charge is 0.373 e. The lowest BCUT2D eigenvalue weighted by atomic mass is 10.0. The molecule has 4 nitrogen and oxygen atoms in total. The molecule has 0 saturated heterocycles.